The second-order valence-electron chi connectivity index (χ2n) is 9.39. The zero-order valence-electron chi connectivity index (χ0n) is 20.5. The van der Waals surface area contributed by atoms with Crippen LogP contribution in [0.3, 0.4) is 0 Å². The van der Waals surface area contributed by atoms with Crippen LogP contribution in [0.4, 0.5) is 11.4 Å². The van der Waals surface area contributed by atoms with E-state index in [0.29, 0.717) is 6.42 Å². The van der Waals surface area contributed by atoms with Gasteiger partial charge < -0.3 is 11.5 Å². The molecule has 0 aliphatic rings. The third-order valence-corrected chi connectivity index (χ3v) is 6.92. The van der Waals surface area contributed by atoms with Crippen molar-refractivity contribution in [3.05, 3.63) is 166 Å². The summed E-state index contributed by atoms with van der Waals surface area (Å²) in [5.74, 6) is 0. The average molecular weight is 469 g/mol. The molecule has 0 aliphatic carbocycles. The van der Waals surface area contributed by atoms with E-state index in [9.17, 15) is 0 Å². The molecule has 36 heavy (non-hydrogen) atoms. The molecule has 0 atom stereocenters. The van der Waals surface area contributed by atoms with Gasteiger partial charge in [-0.3, -0.25) is 0 Å². The summed E-state index contributed by atoms with van der Waals surface area (Å²) < 4.78 is 0. The Bertz CT molecular complexity index is 1340. The van der Waals surface area contributed by atoms with Crippen molar-refractivity contribution in [1.29, 1.82) is 0 Å². The molecule has 0 bridgehead atoms. The summed E-state index contributed by atoms with van der Waals surface area (Å²) in [6.45, 7) is 0. The van der Waals surface area contributed by atoms with Crippen molar-refractivity contribution in [2.45, 2.75) is 25.7 Å². The smallest absolute Gasteiger partial charge is 0.0409 e. The number of nitrogens with two attached hydrogens (primary N) is 2. The van der Waals surface area contributed by atoms with Crippen LogP contribution in [0.25, 0.3) is 0 Å². The fraction of sp³-hybridized carbons (Fsp3) is 0.118. The maximum absolute atomic E-state index is 7.02. The molecule has 0 amide bonds. The lowest BCUT2D eigenvalue weighted by molar-refractivity contribution is 1.02. The van der Waals surface area contributed by atoms with Crippen molar-refractivity contribution in [1.82, 2.24) is 0 Å². The van der Waals surface area contributed by atoms with Gasteiger partial charge in [-0.1, -0.05) is 121 Å². The lowest BCUT2D eigenvalue weighted by Gasteiger charge is -2.24. The van der Waals surface area contributed by atoms with Crippen molar-refractivity contribution in [3.63, 3.8) is 0 Å². The van der Waals surface area contributed by atoms with E-state index < -0.39 is 0 Å². The van der Waals surface area contributed by atoms with Crippen molar-refractivity contribution in [3.8, 4) is 0 Å². The van der Waals surface area contributed by atoms with Gasteiger partial charge in [0.1, 0.15) is 0 Å². The number of nitrogen functional groups attached to an aromatic ring is 2. The Labute approximate surface area is 214 Å². The lowest BCUT2D eigenvalue weighted by Crippen LogP contribution is -2.14. The van der Waals surface area contributed by atoms with Crippen LogP contribution in [0, 0.1) is 0 Å². The van der Waals surface area contributed by atoms with Gasteiger partial charge in [0.05, 0.1) is 0 Å². The number of hydrogen-bond donors (Lipinski definition) is 2. The first-order valence-corrected chi connectivity index (χ1v) is 12.5. The van der Waals surface area contributed by atoms with Gasteiger partial charge in [-0.05, 0) is 58.2 Å². The molecule has 0 heterocycles. The molecule has 0 unspecified atom stereocenters. The van der Waals surface area contributed by atoms with Crippen LogP contribution in [0.5, 0.6) is 0 Å². The monoisotopic (exact) mass is 468 g/mol. The molecule has 0 saturated heterocycles. The summed E-state index contributed by atoms with van der Waals surface area (Å²) in [6, 6.07) is 42.3. The van der Waals surface area contributed by atoms with Gasteiger partial charge in [-0.2, -0.15) is 0 Å². The summed E-state index contributed by atoms with van der Waals surface area (Å²) in [5, 5.41) is 0. The Morgan fingerprint density at radius 1 is 0.306 bits per heavy atom. The molecule has 0 aliphatic heterocycles. The van der Waals surface area contributed by atoms with E-state index in [0.717, 1.165) is 36.2 Å². The molecule has 5 aromatic carbocycles. The van der Waals surface area contributed by atoms with Crippen LogP contribution in [-0.2, 0) is 25.7 Å². The van der Waals surface area contributed by atoms with Crippen LogP contribution < -0.4 is 11.5 Å². The highest BCUT2D eigenvalue weighted by molar-refractivity contribution is 5.74. The number of hydrogen-bond acceptors (Lipinski definition) is 2. The van der Waals surface area contributed by atoms with Crippen LogP contribution in [0.15, 0.2) is 121 Å². The van der Waals surface area contributed by atoms with Gasteiger partial charge >= 0.3 is 0 Å². The molecule has 2 heteroatoms. The molecular formula is C34H32N2. The SMILES string of the molecule is Nc1c(Cc2ccccc2)c(N)c(Cc2ccccc2)c(Cc2ccccc2)c1Cc1ccccc1. The van der Waals surface area contributed by atoms with Crippen LogP contribution >= 0.6 is 0 Å². The van der Waals surface area contributed by atoms with E-state index >= 15 is 0 Å². The molecule has 5 rings (SSSR count). The van der Waals surface area contributed by atoms with E-state index in [2.05, 4.69) is 115 Å². The fourth-order valence-corrected chi connectivity index (χ4v) is 5.02. The third-order valence-electron chi connectivity index (χ3n) is 6.92. The van der Waals surface area contributed by atoms with Gasteiger partial charge in [0.25, 0.3) is 0 Å². The van der Waals surface area contributed by atoms with E-state index in [-0.39, 0.29) is 0 Å². The van der Waals surface area contributed by atoms with E-state index in [1.807, 2.05) is 6.07 Å². The molecule has 0 saturated carbocycles. The summed E-state index contributed by atoms with van der Waals surface area (Å²) in [6.07, 6.45) is 3.07. The van der Waals surface area contributed by atoms with Gasteiger partial charge in [-0.25, -0.2) is 0 Å². The predicted octanol–water partition coefficient (Wildman–Crippen LogP) is 7.21. The minimum absolute atomic E-state index is 0.716. The summed E-state index contributed by atoms with van der Waals surface area (Å²) in [5.41, 5.74) is 25.3. The van der Waals surface area contributed by atoms with Crippen LogP contribution in [-0.4, -0.2) is 0 Å². The average Bonchev–Trinajstić information content (AvgIpc) is 2.93. The number of benzene rings is 5. The van der Waals surface area contributed by atoms with Crippen molar-refractivity contribution < 1.29 is 0 Å². The quantitative estimate of drug-likeness (QED) is 0.236. The van der Waals surface area contributed by atoms with E-state index in [1.165, 1.54) is 38.9 Å². The maximum atomic E-state index is 7.02. The Morgan fingerprint density at radius 2 is 0.556 bits per heavy atom. The first-order valence-electron chi connectivity index (χ1n) is 12.5. The molecule has 0 spiro atoms. The fourth-order valence-electron chi connectivity index (χ4n) is 5.02. The van der Waals surface area contributed by atoms with Crippen molar-refractivity contribution >= 4 is 11.4 Å². The minimum atomic E-state index is 0.716. The Morgan fingerprint density at radius 3 is 0.861 bits per heavy atom. The molecule has 0 aromatic heterocycles. The molecule has 5 aromatic rings. The first kappa shape index (κ1) is 23.4. The number of rotatable bonds is 8. The lowest BCUT2D eigenvalue weighted by atomic mass is 9.83. The highest BCUT2D eigenvalue weighted by Crippen LogP contribution is 2.38. The van der Waals surface area contributed by atoms with Crippen molar-refractivity contribution in [2.75, 3.05) is 11.5 Å². The maximum Gasteiger partial charge on any atom is 0.0409 e. The Hall–Kier alpha value is -4.30. The normalized spacial score (nSPS) is 10.9. The van der Waals surface area contributed by atoms with Crippen LogP contribution in [0.1, 0.15) is 44.5 Å². The van der Waals surface area contributed by atoms with E-state index in [4.69, 9.17) is 11.5 Å². The van der Waals surface area contributed by atoms with Gasteiger partial charge in [-0.15, -0.1) is 0 Å². The largest absolute Gasteiger partial charge is 0.398 e. The molecule has 2 nitrogen and oxygen atoms in total. The Balaban J connectivity index is 1.71. The topological polar surface area (TPSA) is 52.0 Å². The van der Waals surface area contributed by atoms with Crippen LogP contribution in [0.2, 0.25) is 0 Å². The zero-order chi connectivity index (χ0) is 24.7. The Kier molecular flexibility index (Phi) is 7.14. The number of anilines is 2. The summed E-state index contributed by atoms with van der Waals surface area (Å²) in [7, 11) is 0. The zero-order valence-corrected chi connectivity index (χ0v) is 20.5. The van der Waals surface area contributed by atoms with E-state index in [1.54, 1.807) is 0 Å². The highest BCUT2D eigenvalue weighted by atomic mass is 14.6. The molecular weight excluding hydrogens is 436 g/mol. The predicted molar refractivity (Wildman–Crippen MR) is 152 cm³/mol. The molecule has 0 radical (unpaired) electrons. The standard InChI is InChI=1S/C34H32N2/c35-33-30(22-26-15-7-2-8-16-26)29(21-25-13-5-1-6-14-25)31(23-27-17-9-3-10-18-27)34(36)32(33)24-28-19-11-4-12-20-28/h1-20H,21-24,35-36H2. The first-order chi connectivity index (χ1) is 17.7. The van der Waals surface area contributed by atoms with Gasteiger partial charge in [0, 0.05) is 23.4 Å². The highest BCUT2D eigenvalue weighted by Gasteiger charge is 2.22. The minimum Gasteiger partial charge on any atom is -0.398 e. The molecule has 4 N–H and O–H groups in total. The van der Waals surface area contributed by atoms with Crippen molar-refractivity contribution in [2.24, 2.45) is 0 Å². The second-order valence-corrected chi connectivity index (χ2v) is 9.39. The summed E-state index contributed by atoms with van der Waals surface area (Å²) >= 11 is 0. The summed E-state index contributed by atoms with van der Waals surface area (Å²) in [4.78, 5) is 0. The van der Waals surface area contributed by atoms with Gasteiger partial charge in [0.15, 0.2) is 0 Å². The molecule has 0 fully saturated rings. The van der Waals surface area contributed by atoms with Gasteiger partial charge in [0.2, 0.25) is 0 Å². The molecule has 178 valence electrons. The second kappa shape index (κ2) is 11.0. The third kappa shape index (κ3) is 5.34.